The first-order valence-corrected chi connectivity index (χ1v) is 6.19. The monoisotopic (exact) mass is 291 g/mol. The zero-order valence-electron chi connectivity index (χ0n) is 9.55. The zero-order chi connectivity index (χ0) is 13.4. The van der Waals surface area contributed by atoms with Gasteiger partial charge in [0.05, 0.1) is 10.0 Å². The highest BCUT2D eigenvalue weighted by atomic mass is 35.5. The Morgan fingerprint density at radius 2 is 2.16 bits per heavy atom. The van der Waals surface area contributed by atoms with Gasteiger partial charge in [0.2, 0.25) is 0 Å². The first-order chi connectivity index (χ1) is 9.20. The lowest BCUT2D eigenvalue weighted by atomic mass is 10.2. The molecule has 3 rings (SSSR count). The molecular weight excluding hydrogens is 285 g/mol. The van der Waals surface area contributed by atoms with Crippen LogP contribution in [0, 0.1) is 0 Å². The standard InChI is InChI=1S/C13H7Cl2N3O/c14-9-4-10(15)13-17-12(8-2-1-3-16-5-8)11(7-19)18(13)6-9/h1-7H. The number of nitrogens with zero attached hydrogens (tertiary/aromatic N) is 3. The summed E-state index contributed by atoms with van der Waals surface area (Å²) in [4.78, 5) is 19.7. The summed E-state index contributed by atoms with van der Waals surface area (Å²) in [5.74, 6) is 0. The molecule has 4 nitrogen and oxygen atoms in total. The maximum atomic E-state index is 11.3. The van der Waals surface area contributed by atoms with Gasteiger partial charge in [-0.1, -0.05) is 23.2 Å². The summed E-state index contributed by atoms with van der Waals surface area (Å²) in [6.07, 6.45) is 5.64. The van der Waals surface area contributed by atoms with E-state index in [-0.39, 0.29) is 0 Å². The van der Waals surface area contributed by atoms with E-state index < -0.39 is 0 Å². The van der Waals surface area contributed by atoms with Crippen LogP contribution in [0.4, 0.5) is 0 Å². The molecular formula is C13H7Cl2N3O. The number of pyridine rings is 2. The van der Waals surface area contributed by atoms with E-state index in [2.05, 4.69) is 9.97 Å². The number of fused-ring (bicyclic) bond motifs is 1. The molecule has 0 unspecified atom stereocenters. The molecule has 3 heterocycles. The molecule has 0 spiro atoms. The summed E-state index contributed by atoms with van der Waals surface area (Å²) >= 11 is 12.0. The summed E-state index contributed by atoms with van der Waals surface area (Å²) in [5, 5.41) is 0.835. The molecule has 0 N–H and O–H groups in total. The minimum absolute atomic E-state index is 0.394. The summed E-state index contributed by atoms with van der Waals surface area (Å²) in [6.45, 7) is 0. The lowest BCUT2D eigenvalue weighted by Gasteiger charge is -1.99. The maximum absolute atomic E-state index is 11.3. The summed E-state index contributed by atoms with van der Waals surface area (Å²) in [6, 6.07) is 5.20. The van der Waals surface area contributed by atoms with Crippen LogP contribution in [-0.2, 0) is 0 Å². The second kappa shape index (κ2) is 4.64. The number of carbonyl (C=O) groups excluding carboxylic acids is 1. The molecule has 0 atom stereocenters. The summed E-state index contributed by atoms with van der Waals surface area (Å²) in [7, 11) is 0. The fourth-order valence-corrected chi connectivity index (χ4v) is 2.43. The van der Waals surface area contributed by atoms with E-state index in [1.165, 1.54) is 0 Å². The normalized spacial score (nSPS) is 10.8. The highest BCUT2D eigenvalue weighted by Crippen LogP contribution is 2.28. The number of rotatable bonds is 2. The second-order valence-corrected chi connectivity index (χ2v) is 4.75. The number of aromatic nitrogens is 3. The van der Waals surface area contributed by atoms with Gasteiger partial charge < -0.3 is 0 Å². The van der Waals surface area contributed by atoms with Gasteiger partial charge in [-0.15, -0.1) is 0 Å². The zero-order valence-corrected chi connectivity index (χ0v) is 11.1. The fraction of sp³-hybridized carbons (Fsp3) is 0. The van der Waals surface area contributed by atoms with Crippen molar-refractivity contribution in [2.45, 2.75) is 0 Å². The van der Waals surface area contributed by atoms with E-state index in [4.69, 9.17) is 23.2 Å². The number of hydrogen-bond donors (Lipinski definition) is 0. The molecule has 0 bridgehead atoms. The van der Waals surface area contributed by atoms with E-state index in [1.807, 2.05) is 6.07 Å². The number of carbonyl (C=O) groups is 1. The van der Waals surface area contributed by atoms with Gasteiger partial charge >= 0.3 is 0 Å². The number of imidazole rings is 1. The van der Waals surface area contributed by atoms with Crippen molar-refractivity contribution in [2.75, 3.05) is 0 Å². The van der Waals surface area contributed by atoms with Crippen LogP contribution >= 0.6 is 23.2 Å². The summed E-state index contributed by atoms with van der Waals surface area (Å²) < 4.78 is 1.58. The Bertz CT molecular complexity index is 768. The van der Waals surface area contributed by atoms with Crippen molar-refractivity contribution in [3.8, 4) is 11.3 Å². The lowest BCUT2D eigenvalue weighted by molar-refractivity contribution is 0.111. The van der Waals surface area contributed by atoms with Gasteiger partial charge in [0.1, 0.15) is 11.4 Å². The maximum Gasteiger partial charge on any atom is 0.169 e. The first-order valence-electron chi connectivity index (χ1n) is 5.43. The van der Waals surface area contributed by atoms with E-state index in [0.717, 1.165) is 11.8 Å². The van der Waals surface area contributed by atoms with Crippen LogP contribution in [0.1, 0.15) is 10.5 Å². The largest absolute Gasteiger partial charge is 0.296 e. The lowest BCUT2D eigenvalue weighted by Crippen LogP contribution is -1.93. The predicted molar refractivity (Wildman–Crippen MR) is 73.8 cm³/mol. The minimum atomic E-state index is 0.394. The van der Waals surface area contributed by atoms with Crippen LogP contribution in [-0.4, -0.2) is 20.7 Å². The molecule has 0 radical (unpaired) electrons. The average Bonchev–Trinajstić information content (AvgIpc) is 2.78. The molecule has 0 saturated carbocycles. The van der Waals surface area contributed by atoms with Crippen molar-refractivity contribution < 1.29 is 4.79 Å². The van der Waals surface area contributed by atoms with Gasteiger partial charge in [-0.05, 0) is 18.2 Å². The first kappa shape index (κ1) is 12.1. The van der Waals surface area contributed by atoms with Crippen LogP contribution in [0.2, 0.25) is 10.0 Å². The minimum Gasteiger partial charge on any atom is -0.296 e. The number of hydrogen-bond acceptors (Lipinski definition) is 3. The van der Waals surface area contributed by atoms with Gasteiger partial charge in [0.25, 0.3) is 0 Å². The van der Waals surface area contributed by atoms with Gasteiger partial charge in [0.15, 0.2) is 11.9 Å². The van der Waals surface area contributed by atoms with Crippen molar-refractivity contribution in [2.24, 2.45) is 0 Å². The molecule has 0 aliphatic heterocycles. The van der Waals surface area contributed by atoms with Gasteiger partial charge in [-0.25, -0.2) is 4.98 Å². The van der Waals surface area contributed by atoms with Crippen LogP contribution < -0.4 is 0 Å². The molecule has 6 heteroatoms. The van der Waals surface area contributed by atoms with Crippen molar-refractivity contribution >= 4 is 35.1 Å². The molecule has 0 amide bonds. The average molecular weight is 292 g/mol. The molecule has 0 aliphatic carbocycles. The van der Waals surface area contributed by atoms with E-state index in [9.17, 15) is 4.79 Å². The molecule has 3 aromatic rings. The molecule has 0 aliphatic rings. The van der Waals surface area contributed by atoms with Crippen LogP contribution in [0.5, 0.6) is 0 Å². The third kappa shape index (κ3) is 1.99. The molecule has 0 aromatic carbocycles. The van der Waals surface area contributed by atoms with E-state index in [0.29, 0.717) is 27.1 Å². The Morgan fingerprint density at radius 1 is 1.32 bits per heavy atom. The smallest absolute Gasteiger partial charge is 0.169 e. The van der Waals surface area contributed by atoms with Gasteiger partial charge in [-0.3, -0.25) is 14.2 Å². The molecule has 0 fully saturated rings. The topological polar surface area (TPSA) is 47.3 Å². The number of aldehydes is 1. The molecule has 3 aromatic heterocycles. The second-order valence-electron chi connectivity index (χ2n) is 3.91. The summed E-state index contributed by atoms with van der Waals surface area (Å²) in [5.41, 5.74) is 2.17. The van der Waals surface area contributed by atoms with Crippen LogP contribution in [0.15, 0.2) is 36.8 Å². The molecule has 94 valence electrons. The SMILES string of the molecule is O=Cc1c(-c2cccnc2)nc2c(Cl)cc(Cl)cn12. The Labute approximate surface area is 118 Å². The molecule has 19 heavy (non-hydrogen) atoms. The van der Waals surface area contributed by atoms with Crippen molar-refractivity contribution in [1.29, 1.82) is 0 Å². The number of halogens is 2. The fourth-order valence-electron chi connectivity index (χ4n) is 1.92. The quantitative estimate of drug-likeness (QED) is 0.679. The highest BCUT2D eigenvalue weighted by molar-refractivity contribution is 6.36. The Morgan fingerprint density at radius 3 is 2.84 bits per heavy atom. The van der Waals surface area contributed by atoms with Crippen LogP contribution in [0.3, 0.4) is 0 Å². The third-order valence-corrected chi connectivity index (χ3v) is 3.21. The van der Waals surface area contributed by atoms with Crippen LogP contribution in [0.25, 0.3) is 16.9 Å². The Balaban J connectivity index is 2.38. The predicted octanol–water partition coefficient (Wildman–Crippen LogP) is 3.52. The van der Waals surface area contributed by atoms with Crippen molar-refractivity contribution in [1.82, 2.24) is 14.4 Å². The van der Waals surface area contributed by atoms with Gasteiger partial charge in [0, 0.05) is 24.2 Å². The van der Waals surface area contributed by atoms with E-state index >= 15 is 0 Å². The highest BCUT2D eigenvalue weighted by Gasteiger charge is 2.16. The van der Waals surface area contributed by atoms with Crippen molar-refractivity contribution in [3.05, 3.63) is 52.5 Å². The third-order valence-electron chi connectivity index (χ3n) is 2.73. The van der Waals surface area contributed by atoms with E-state index in [1.54, 1.807) is 35.1 Å². The van der Waals surface area contributed by atoms with Gasteiger partial charge in [-0.2, -0.15) is 0 Å². The van der Waals surface area contributed by atoms with Crippen molar-refractivity contribution in [3.63, 3.8) is 0 Å². The Hall–Kier alpha value is -1.91. The molecule has 0 saturated heterocycles. The Kier molecular flexibility index (Phi) is 2.97.